The molecular weight excluding hydrogens is 240 g/mol. The summed E-state index contributed by atoms with van der Waals surface area (Å²) in [6.07, 6.45) is 4.04. The van der Waals surface area contributed by atoms with Gasteiger partial charge in [0.05, 0.1) is 5.92 Å². The van der Waals surface area contributed by atoms with Gasteiger partial charge in [0, 0.05) is 6.04 Å². The number of carboxylic acid groups (broad SMARTS) is 1. The van der Waals surface area contributed by atoms with Crippen LogP contribution in [0.3, 0.4) is 0 Å². The molecule has 0 aromatic rings. The molecule has 0 radical (unpaired) electrons. The first-order valence-corrected chi connectivity index (χ1v) is 7.57. The standard InChI is InChI=1S/C15H30N2O2/c1-5-17(10-6-9-16(3)4)14-11-12(2)7-8-13(14)15(18)19/h12-14H,5-11H2,1-4H3,(H,18,19). The normalized spacial score (nSPS) is 28.0. The summed E-state index contributed by atoms with van der Waals surface area (Å²) in [7, 11) is 4.16. The minimum atomic E-state index is -0.608. The molecule has 19 heavy (non-hydrogen) atoms. The third kappa shape index (κ3) is 5.11. The second kappa shape index (κ2) is 7.85. The van der Waals surface area contributed by atoms with Gasteiger partial charge in [-0.1, -0.05) is 13.8 Å². The van der Waals surface area contributed by atoms with Gasteiger partial charge in [-0.25, -0.2) is 0 Å². The SMILES string of the molecule is CCN(CCCN(C)C)C1CC(C)CCC1C(=O)O. The van der Waals surface area contributed by atoms with E-state index in [1.54, 1.807) is 0 Å². The predicted molar refractivity (Wildman–Crippen MR) is 78.3 cm³/mol. The highest BCUT2D eigenvalue weighted by Gasteiger charge is 2.36. The number of hydrogen-bond acceptors (Lipinski definition) is 3. The fraction of sp³-hybridized carbons (Fsp3) is 0.933. The molecule has 0 aliphatic heterocycles. The van der Waals surface area contributed by atoms with E-state index < -0.39 is 5.97 Å². The molecule has 1 rings (SSSR count). The van der Waals surface area contributed by atoms with E-state index in [1.807, 2.05) is 0 Å². The van der Waals surface area contributed by atoms with Crippen molar-refractivity contribution < 1.29 is 9.90 Å². The van der Waals surface area contributed by atoms with Crippen LogP contribution in [0.5, 0.6) is 0 Å². The average Bonchev–Trinajstić information content (AvgIpc) is 2.33. The van der Waals surface area contributed by atoms with Crippen LogP contribution in [-0.2, 0) is 4.79 Å². The Balaban J connectivity index is 2.60. The summed E-state index contributed by atoms with van der Waals surface area (Å²) in [6.45, 7) is 7.42. The second-order valence-electron chi connectivity index (χ2n) is 6.22. The lowest BCUT2D eigenvalue weighted by molar-refractivity contribution is -0.146. The average molecular weight is 270 g/mol. The Morgan fingerprint density at radius 3 is 2.47 bits per heavy atom. The molecule has 1 fully saturated rings. The monoisotopic (exact) mass is 270 g/mol. The molecule has 3 atom stereocenters. The van der Waals surface area contributed by atoms with E-state index in [0.29, 0.717) is 5.92 Å². The molecule has 0 aromatic heterocycles. The molecular formula is C15H30N2O2. The van der Waals surface area contributed by atoms with Gasteiger partial charge in [-0.05, 0) is 65.3 Å². The van der Waals surface area contributed by atoms with Gasteiger partial charge in [0.1, 0.15) is 0 Å². The van der Waals surface area contributed by atoms with Gasteiger partial charge in [-0.15, -0.1) is 0 Å². The largest absolute Gasteiger partial charge is 0.481 e. The van der Waals surface area contributed by atoms with Crippen LogP contribution >= 0.6 is 0 Å². The first kappa shape index (κ1) is 16.4. The predicted octanol–water partition coefficient (Wildman–Crippen LogP) is 2.15. The van der Waals surface area contributed by atoms with Crippen molar-refractivity contribution in [3.8, 4) is 0 Å². The third-order valence-electron chi connectivity index (χ3n) is 4.32. The van der Waals surface area contributed by atoms with E-state index in [1.165, 1.54) is 0 Å². The van der Waals surface area contributed by atoms with Crippen molar-refractivity contribution in [3.05, 3.63) is 0 Å². The Hall–Kier alpha value is -0.610. The molecule has 0 bridgehead atoms. The van der Waals surface area contributed by atoms with Crippen molar-refractivity contribution in [2.24, 2.45) is 11.8 Å². The third-order valence-corrected chi connectivity index (χ3v) is 4.32. The minimum Gasteiger partial charge on any atom is -0.481 e. The molecule has 1 aliphatic rings. The lowest BCUT2D eigenvalue weighted by Crippen LogP contribution is -2.47. The highest BCUT2D eigenvalue weighted by Crippen LogP contribution is 2.32. The first-order valence-electron chi connectivity index (χ1n) is 7.57. The quantitative estimate of drug-likeness (QED) is 0.770. The van der Waals surface area contributed by atoms with Crippen LogP contribution in [0.2, 0.25) is 0 Å². The fourth-order valence-corrected chi connectivity index (χ4v) is 3.19. The van der Waals surface area contributed by atoms with Crippen molar-refractivity contribution in [2.75, 3.05) is 33.7 Å². The van der Waals surface area contributed by atoms with Crippen LogP contribution < -0.4 is 0 Å². The molecule has 3 unspecified atom stereocenters. The zero-order chi connectivity index (χ0) is 14.4. The van der Waals surface area contributed by atoms with Gasteiger partial charge in [0.2, 0.25) is 0 Å². The first-order chi connectivity index (χ1) is 8.95. The maximum absolute atomic E-state index is 11.4. The van der Waals surface area contributed by atoms with E-state index in [9.17, 15) is 9.90 Å². The fourth-order valence-electron chi connectivity index (χ4n) is 3.19. The summed E-state index contributed by atoms with van der Waals surface area (Å²) in [6, 6.07) is 0.230. The highest BCUT2D eigenvalue weighted by molar-refractivity contribution is 5.71. The Bertz CT molecular complexity index is 281. The molecule has 0 heterocycles. The maximum atomic E-state index is 11.4. The topological polar surface area (TPSA) is 43.8 Å². The lowest BCUT2D eigenvalue weighted by Gasteiger charge is -2.40. The second-order valence-corrected chi connectivity index (χ2v) is 6.22. The number of carboxylic acids is 1. The molecule has 0 saturated heterocycles. The molecule has 112 valence electrons. The number of hydrogen-bond donors (Lipinski definition) is 1. The van der Waals surface area contributed by atoms with Crippen molar-refractivity contribution in [1.29, 1.82) is 0 Å². The van der Waals surface area contributed by atoms with E-state index in [-0.39, 0.29) is 12.0 Å². The summed E-state index contributed by atoms with van der Waals surface area (Å²) in [5, 5.41) is 9.42. The summed E-state index contributed by atoms with van der Waals surface area (Å²) < 4.78 is 0. The summed E-state index contributed by atoms with van der Waals surface area (Å²) in [5.41, 5.74) is 0. The zero-order valence-electron chi connectivity index (χ0n) is 12.9. The van der Waals surface area contributed by atoms with Gasteiger partial charge >= 0.3 is 5.97 Å². The maximum Gasteiger partial charge on any atom is 0.308 e. The summed E-state index contributed by atoms with van der Waals surface area (Å²) in [5.74, 6) is -0.123. The molecule has 4 nitrogen and oxygen atoms in total. The summed E-state index contributed by atoms with van der Waals surface area (Å²) in [4.78, 5) is 16.0. The van der Waals surface area contributed by atoms with Crippen LogP contribution in [0, 0.1) is 11.8 Å². The van der Waals surface area contributed by atoms with E-state index in [2.05, 4.69) is 37.7 Å². The molecule has 4 heteroatoms. The molecule has 1 N–H and O–H groups in total. The smallest absolute Gasteiger partial charge is 0.308 e. The van der Waals surface area contributed by atoms with Crippen LogP contribution in [0.4, 0.5) is 0 Å². The van der Waals surface area contributed by atoms with Crippen molar-refractivity contribution in [3.63, 3.8) is 0 Å². The minimum absolute atomic E-state index is 0.171. The molecule has 0 aromatic carbocycles. The van der Waals surface area contributed by atoms with Crippen molar-refractivity contribution in [1.82, 2.24) is 9.80 Å². The van der Waals surface area contributed by atoms with Crippen LogP contribution in [0.25, 0.3) is 0 Å². The molecule has 0 spiro atoms. The Morgan fingerprint density at radius 2 is 1.95 bits per heavy atom. The van der Waals surface area contributed by atoms with E-state index in [0.717, 1.165) is 45.3 Å². The van der Waals surface area contributed by atoms with Crippen LogP contribution in [0.1, 0.15) is 39.5 Å². The van der Waals surface area contributed by atoms with E-state index >= 15 is 0 Å². The van der Waals surface area contributed by atoms with Gasteiger partial charge in [0.15, 0.2) is 0 Å². The number of nitrogens with zero attached hydrogens (tertiary/aromatic N) is 2. The van der Waals surface area contributed by atoms with Gasteiger partial charge in [-0.2, -0.15) is 0 Å². The Morgan fingerprint density at radius 1 is 1.26 bits per heavy atom. The zero-order valence-corrected chi connectivity index (χ0v) is 12.9. The molecule has 0 amide bonds. The number of aliphatic carboxylic acids is 1. The van der Waals surface area contributed by atoms with Gasteiger partial charge in [0.25, 0.3) is 0 Å². The Kier molecular flexibility index (Phi) is 6.80. The molecule has 1 aliphatic carbocycles. The van der Waals surface area contributed by atoms with Gasteiger partial charge < -0.3 is 10.0 Å². The Labute approximate surface area is 117 Å². The summed E-state index contributed by atoms with van der Waals surface area (Å²) >= 11 is 0. The van der Waals surface area contributed by atoms with Gasteiger partial charge in [-0.3, -0.25) is 9.69 Å². The number of carbonyl (C=O) groups is 1. The van der Waals surface area contributed by atoms with Crippen molar-refractivity contribution in [2.45, 2.75) is 45.6 Å². The van der Waals surface area contributed by atoms with E-state index in [4.69, 9.17) is 0 Å². The number of rotatable bonds is 7. The highest BCUT2D eigenvalue weighted by atomic mass is 16.4. The lowest BCUT2D eigenvalue weighted by atomic mass is 9.78. The van der Waals surface area contributed by atoms with Crippen LogP contribution in [-0.4, -0.2) is 60.6 Å². The molecule has 1 saturated carbocycles. The van der Waals surface area contributed by atoms with Crippen molar-refractivity contribution >= 4 is 5.97 Å². The van der Waals surface area contributed by atoms with Crippen LogP contribution in [0.15, 0.2) is 0 Å².